The fraction of sp³-hybridized carbons (Fsp3) is 0.600. The lowest BCUT2D eigenvalue weighted by Gasteiger charge is -2.47. The van der Waals surface area contributed by atoms with Crippen LogP contribution in [0.15, 0.2) is 12.1 Å². The Morgan fingerprint density at radius 3 is 2.90 bits per heavy atom. The van der Waals surface area contributed by atoms with Gasteiger partial charge in [-0.1, -0.05) is 29.6 Å². The molecule has 1 amide bonds. The molecule has 21 heavy (non-hydrogen) atoms. The van der Waals surface area contributed by atoms with Crippen molar-refractivity contribution in [2.24, 2.45) is 0 Å². The third kappa shape index (κ3) is 3.03. The lowest BCUT2D eigenvalue weighted by Crippen LogP contribution is -2.60. The van der Waals surface area contributed by atoms with Gasteiger partial charge in [0.25, 0.3) is 5.91 Å². The highest BCUT2D eigenvalue weighted by molar-refractivity contribution is 6.34. The lowest BCUT2D eigenvalue weighted by atomic mass is 9.97. The summed E-state index contributed by atoms with van der Waals surface area (Å²) in [6.07, 6.45) is 3.67. The van der Waals surface area contributed by atoms with Gasteiger partial charge in [0.2, 0.25) is 0 Å². The minimum absolute atomic E-state index is 0.111. The van der Waals surface area contributed by atoms with Crippen molar-refractivity contribution >= 4 is 29.1 Å². The van der Waals surface area contributed by atoms with Gasteiger partial charge < -0.3 is 4.90 Å². The van der Waals surface area contributed by atoms with Crippen LogP contribution < -0.4 is 0 Å². The molecule has 3 heterocycles. The summed E-state index contributed by atoms with van der Waals surface area (Å²) in [5.41, 5.74) is 0.264. The zero-order chi connectivity index (χ0) is 15.0. The second-order valence-corrected chi connectivity index (χ2v) is 6.71. The van der Waals surface area contributed by atoms with E-state index in [1.165, 1.54) is 12.8 Å². The second-order valence-electron chi connectivity index (χ2n) is 5.92. The van der Waals surface area contributed by atoms with Crippen molar-refractivity contribution in [3.63, 3.8) is 0 Å². The van der Waals surface area contributed by atoms with Crippen molar-refractivity contribution < 1.29 is 4.79 Å². The molecular weight excluding hydrogens is 309 g/mol. The molecule has 2 atom stereocenters. The van der Waals surface area contributed by atoms with E-state index in [1.807, 2.05) is 4.90 Å². The van der Waals surface area contributed by atoms with E-state index >= 15 is 0 Å². The van der Waals surface area contributed by atoms with Gasteiger partial charge in [0, 0.05) is 25.2 Å². The summed E-state index contributed by atoms with van der Waals surface area (Å²) in [6, 6.07) is 3.87. The summed E-state index contributed by atoms with van der Waals surface area (Å²) >= 11 is 12.0. The lowest BCUT2D eigenvalue weighted by molar-refractivity contribution is 0.0148. The molecule has 3 rings (SSSR count). The number of carbonyl (C=O) groups excluding carboxylic acids is 1. The van der Waals surface area contributed by atoms with Gasteiger partial charge >= 0.3 is 0 Å². The molecule has 2 saturated heterocycles. The Kier molecular flexibility index (Phi) is 4.38. The van der Waals surface area contributed by atoms with Crippen LogP contribution >= 0.6 is 23.2 Å². The number of hydrogen-bond acceptors (Lipinski definition) is 3. The molecule has 2 aliphatic heterocycles. The van der Waals surface area contributed by atoms with Gasteiger partial charge in [0.05, 0.1) is 5.02 Å². The van der Waals surface area contributed by atoms with Gasteiger partial charge in [-0.05, 0) is 38.4 Å². The van der Waals surface area contributed by atoms with E-state index in [-0.39, 0.29) is 17.6 Å². The molecule has 0 spiro atoms. The van der Waals surface area contributed by atoms with E-state index in [0.29, 0.717) is 16.2 Å². The third-order valence-electron chi connectivity index (χ3n) is 4.46. The number of carbonyl (C=O) groups is 1. The number of halogens is 2. The van der Waals surface area contributed by atoms with Crippen molar-refractivity contribution in [2.75, 3.05) is 19.6 Å². The quantitative estimate of drug-likeness (QED) is 0.744. The first-order chi connectivity index (χ1) is 10.1. The summed E-state index contributed by atoms with van der Waals surface area (Å²) in [5.74, 6) is -0.111. The Hall–Kier alpha value is -0.840. The zero-order valence-corrected chi connectivity index (χ0v) is 13.6. The number of piperazine rings is 1. The summed E-state index contributed by atoms with van der Waals surface area (Å²) in [6.45, 7) is 4.91. The molecule has 114 valence electrons. The van der Waals surface area contributed by atoms with E-state index in [2.05, 4.69) is 16.8 Å². The predicted molar refractivity (Wildman–Crippen MR) is 84.0 cm³/mol. The van der Waals surface area contributed by atoms with Crippen LogP contribution in [0.4, 0.5) is 0 Å². The number of amides is 1. The maximum atomic E-state index is 12.8. The summed E-state index contributed by atoms with van der Waals surface area (Å²) < 4.78 is 0. The Balaban J connectivity index is 1.82. The zero-order valence-electron chi connectivity index (χ0n) is 12.1. The molecule has 0 saturated carbocycles. The van der Waals surface area contributed by atoms with Crippen LogP contribution in [0.1, 0.15) is 36.7 Å². The molecule has 1 aromatic heterocycles. The fourth-order valence-corrected chi connectivity index (χ4v) is 3.67. The summed E-state index contributed by atoms with van der Waals surface area (Å²) in [5, 5.41) is 0.661. The Morgan fingerprint density at radius 1 is 1.29 bits per heavy atom. The topological polar surface area (TPSA) is 36.4 Å². The number of piperidine rings is 1. The number of rotatable bonds is 1. The van der Waals surface area contributed by atoms with Crippen molar-refractivity contribution in [3.8, 4) is 0 Å². The molecule has 6 heteroatoms. The van der Waals surface area contributed by atoms with Gasteiger partial charge in [-0.2, -0.15) is 0 Å². The minimum Gasteiger partial charge on any atom is -0.332 e. The van der Waals surface area contributed by atoms with Crippen molar-refractivity contribution in [2.45, 2.75) is 38.3 Å². The maximum absolute atomic E-state index is 12.8. The predicted octanol–water partition coefficient (Wildman–Crippen LogP) is 3.09. The van der Waals surface area contributed by atoms with Crippen LogP contribution in [0, 0.1) is 0 Å². The first kappa shape index (κ1) is 15.1. The Morgan fingerprint density at radius 2 is 2.10 bits per heavy atom. The van der Waals surface area contributed by atoms with E-state index in [4.69, 9.17) is 23.2 Å². The molecule has 2 unspecified atom stereocenters. The standard InChI is InChI=1S/C15H19Cl2N3O/c1-10-8-19-7-3-2-4-11(19)9-20(10)15(21)14-12(16)5-6-13(17)18-14/h5-6,10-11H,2-4,7-9H2,1H3. The smallest absolute Gasteiger partial charge is 0.274 e. The fourth-order valence-electron chi connectivity index (χ4n) is 3.34. The van der Waals surface area contributed by atoms with E-state index in [9.17, 15) is 4.79 Å². The molecular formula is C15H19Cl2N3O. The number of pyridine rings is 1. The number of fused-ring (bicyclic) bond motifs is 1. The number of hydrogen-bond donors (Lipinski definition) is 0. The number of nitrogens with zero attached hydrogens (tertiary/aromatic N) is 3. The molecule has 0 aliphatic carbocycles. The van der Waals surface area contributed by atoms with Crippen molar-refractivity contribution in [1.29, 1.82) is 0 Å². The van der Waals surface area contributed by atoms with Crippen LogP contribution in [0.2, 0.25) is 10.2 Å². The monoisotopic (exact) mass is 327 g/mol. The highest BCUT2D eigenvalue weighted by Gasteiger charge is 2.36. The largest absolute Gasteiger partial charge is 0.332 e. The van der Waals surface area contributed by atoms with Gasteiger partial charge in [0.1, 0.15) is 10.8 Å². The average Bonchev–Trinajstić information content (AvgIpc) is 2.48. The number of aromatic nitrogens is 1. The Labute approximate surface area is 135 Å². The average molecular weight is 328 g/mol. The highest BCUT2D eigenvalue weighted by Crippen LogP contribution is 2.26. The normalized spacial score (nSPS) is 26.5. The van der Waals surface area contributed by atoms with Crippen LogP contribution in [0.5, 0.6) is 0 Å². The van der Waals surface area contributed by atoms with E-state index in [0.717, 1.165) is 26.1 Å². The third-order valence-corrected chi connectivity index (χ3v) is 4.98. The first-order valence-corrected chi connectivity index (χ1v) is 8.19. The minimum atomic E-state index is -0.111. The molecule has 0 aromatic carbocycles. The SMILES string of the molecule is CC1CN2CCCCC2CN1C(=O)c1nc(Cl)ccc1Cl. The molecule has 1 aromatic rings. The Bertz CT molecular complexity index is 552. The van der Waals surface area contributed by atoms with Gasteiger partial charge in [-0.25, -0.2) is 4.98 Å². The molecule has 2 aliphatic rings. The summed E-state index contributed by atoms with van der Waals surface area (Å²) in [7, 11) is 0. The van der Waals surface area contributed by atoms with Crippen LogP contribution in [0.25, 0.3) is 0 Å². The van der Waals surface area contributed by atoms with Crippen LogP contribution in [-0.4, -0.2) is 52.4 Å². The van der Waals surface area contributed by atoms with Crippen LogP contribution in [-0.2, 0) is 0 Å². The highest BCUT2D eigenvalue weighted by atomic mass is 35.5. The molecule has 0 radical (unpaired) electrons. The van der Waals surface area contributed by atoms with Gasteiger partial charge in [-0.3, -0.25) is 9.69 Å². The van der Waals surface area contributed by atoms with Crippen molar-refractivity contribution in [1.82, 2.24) is 14.8 Å². The first-order valence-electron chi connectivity index (χ1n) is 7.43. The summed E-state index contributed by atoms with van der Waals surface area (Å²) in [4.78, 5) is 21.3. The maximum Gasteiger partial charge on any atom is 0.274 e. The van der Waals surface area contributed by atoms with E-state index < -0.39 is 0 Å². The molecule has 0 bridgehead atoms. The molecule has 2 fully saturated rings. The van der Waals surface area contributed by atoms with Crippen molar-refractivity contribution in [3.05, 3.63) is 28.0 Å². The molecule has 0 N–H and O–H groups in total. The van der Waals surface area contributed by atoms with E-state index in [1.54, 1.807) is 12.1 Å². The van der Waals surface area contributed by atoms with Crippen LogP contribution in [0.3, 0.4) is 0 Å². The van der Waals surface area contributed by atoms with Gasteiger partial charge in [0.15, 0.2) is 0 Å². The second kappa shape index (κ2) is 6.11. The molecule has 4 nitrogen and oxygen atoms in total. The van der Waals surface area contributed by atoms with Gasteiger partial charge in [-0.15, -0.1) is 0 Å².